The lowest BCUT2D eigenvalue weighted by Gasteiger charge is -2.15. The van der Waals surface area contributed by atoms with Crippen molar-refractivity contribution in [1.82, 2.24) is 9.97 Å². The molecule has 0 radical (unpaired) electrons. The molecule has 6 nitrogen and oxygen atoms in total. The van der Waals surface area contributed by atoms with Crippen molar-refractivity contribution in [3.8, 4) is 0 Å². The van der Waals surface area contributed by atoms with E-state index in [2.05, 4.69) is 20.6 Å². The largest absolute Gasteiger partial charge is 0.480 e. The fraction of sp³-hybridized carbons (Fsp3) is 0.312. The van der Waals surface area contributed by atoms with Crippen LogP contribution in [0.3, 0.4) is 0 Å². The Labute approximate surface area is 142 Å². The summed E-state index contributed by atoms with van der Waals surface area (Å²) in [4.78, 5) is 17.8. The first-order chi connectivity index (χ1) is 11.6. The van der Waals surface area contributed by atoms with Crippen LogP contribution in [0.25, 0.3) is 0 Å². The van der Waals surface area contributed by atoms with E-state index in [1.807, 2.05) is 32.9 Å². The molecule has 1 heterocycles. The Bertz CT molecular complexity index is 783. The van der Waals surface area contributed by atoms with Gasteiger partial charge in [0.15, 0.2) is 5.69 Å². The first kappa shape index (κ1) is 18.5. The molecule has 1 aromatic heterocycles. The van der Waals surface area contributed by atoms with E-state index in [-0.39, 0.29) is 5.82 Å². The number of nitrogens with zero attached hydrogens (tertiary/aromatic N) is 2. The third-order valence-corrected chi connectivity index (χ3v) is 3.34. The van der Waals surface area contributed by atoms with Gasteiger partial charge in [0.25, 0.3) is 0 Å². The maximum Gasteiger partial charge on any atom is 0.433 e. The van der Waals surface area contributed by atoms with Crippen molar-refractivity contribution in [3.05, 3.63) is 40.6 Å². The van der Waals surface area contributed by atoms with Gasteiger partial charge in [0.2, 0.25) is 5.95 Å². The number of carboxylic acids is 1. The molecule has 0 bridgehead atoms. The molecule has 0 aliphatic carbocycles. The van der Waals surface area contributed by atoms with E-state index in [4.69, 9.17) is 5.11 Å². The predicted molar refractivity (Wildman–Crippen MR) is 87.1 cm³/mol. The fourth-order valence-corrected chi connectivity index (χ4v) is 2.40. The number of alkyl halides is 3. The highest BCUT2D eigenvalue weighted by Gasteiger charge is 2.34. The fourth-order valence-electron chi connectivity index (χ4n) is 2.40. The molecule has 1 aromatic carbocycles. The SMILES string of the molecule is Cc1cc(C)c(Nc2cc(C(F)(F)F)nc(NCC(=O)O)n2)c(C)c1. The minimum absolute atomic E-state index is 0.0785. The van der Waals surface area contributed by atoms with E-state index in [0.29, 0.717) is 5.69 Å². The molecule has 0 saturated carbocycles. The summed E-state index contributed by atoms with van der Waals surface area (Å²) in [5, 5.41) is 13.8. The van der Waals surface area contributed by atoms with Crippen molar-refractivity contribution in [1.29, 1.82) is 0 Å². The molecule has 25 heavy (non-hydrogen) atoms. The van der Waals surface area contributed by atoms with Crippen LogP contribution in [0.5, 0.6) is 0 Å². The molecule has 2 aromatic rings. The molecule has 0 unspecified atom stereocenters. The number of aryl methyl sites for hydroxylation is 3. The number of nitrogens with one attached hydrogen (secondary N) is 2. The summed E-state index contributed by atoms with van der Waals surface area (Å²) in [6.45, 7) is 4.99. The van der Waals surface area contributed by atoms with Gasteiger partial charge in [-0.1, -0.05) is 17.7 Å². The van der Waals surface area contributed by atoms with Crippen LogP contribution in [0.15, 0.2) is 18.2 Å². The van der Waals surface area contributed by atoms with Gasteiger partial charge in [-0.3, -0.25) is 4.79 Å². The first-order valence-corrected chi connectivity index (χ1v) is 7.33. The number of aliphatic carboxylic acids is 1. The lowest BCUT2D eigenvalue weighted by atomic mass is 10.1. The Kier molecular flexibility index (Phi) is 5.15. The Balaban J connectivity index is 2.42. The quantitative estimate of drug-likeness (QED) is 0.760. The standard InChI is InChI=1S/C16H17F3N4O2/c1-8-4-9(2)14(10(3)5-8)22-12-6-11(16(17,18)19)21-15(23-12)20-7-13(24)25/h4-6H,7H2,1-3H3,(H,24,25)(H2,20,21,22,23). The van der Waals surface area contributed by atoms with Crippen LogP contribution in [-0.4, -0.2) is 27.6 Å². The second kappa shape index (κ2) is 6.96. The van der Waals surface area contributed by atoms with Gasteiger partial charge in [-0.2, -0.15) is 18.2 Å². The van der Waals surface area contributed by atoms with E-state index >= 15 is 0 Å². The van der Waals surface area contributed by atoms with E-state index < -0.39 is 30.3 Å². The summed E-state index contributed by atoms with van der Waals surface area (Å²) in [6, 6.07) is 4.57. The van der Waals surface area contributed by atoms with E-state index in [1.54, 1.807) is 0 Å². The summed E-state index contributed by atoms with van der Waals surface area (Å²) < 4.78 is 39.1. The van der Waals surface area contributed by atoms with E-state index in [0.717, 1.165) is 22.8 Å². The van der Waals surface area contributed by atoms with Crippen LogP contribution in [-0.2, 0) is 11.0 Å². The Morgan fingerprint density at radius 3 is 2.24 bits per heavy atom. The van der Waals surface area contributed by atoms with Gasteiger partial charge in [0, 0.05) is 11.8 Å². The minimum Gasteiger partial charge on any atom is -0.480 e. The van der Waals surface area contributed by atoms with E-state index in [1.165, 1.54) is 0 Å². The minimum atomic E-state index is -4.68. The zero-order valence-electron chi connectivity index (χ0n) is 13.8. The third-order valence-electron chi connectivity index (χ3n) is 3.34. The molecule has 0 aliphatic rings. The molecule has 3 N–H and O–H groups in total. The van der Waals surface area contributed by atoms with Crippen molar-refractivity contribution in [2.24, 2.45) is 0 Å². The van der Waals surface area contributed by atoms with Gasteiger partial charge in [-0.05, 0) is 31.9 Å². The normalized spacial score (nSPS) is 11.3. The van der Waals surface area contributed by atoms with Crippen molar-refractivity contribution in [2.75, 3.05) is 17.2 Å². The smallest absolute Gasteiger partial charge is 0.433 e. The van der Waals surface area contributed by atoms with Crippen molar-refractivity contribution < 1.29 is 23.1 Å². The maximum absolute atomic E-state index is 13.0. The van der Waals surface area contributed by atoms with Crippen molar-refractivity contribution >= 4 is 23.4 Å². The average Bonchev–Trinajstić information content (AvgIpc) is 2.48. The summed E-state index contributed by atoms with van der Waals surface area (Å²) >= 11 is 0. The summed E-state index contributed by atoms with van der Waals surface area (Å²) in [7, 11) is 0. The van der Waals surface area contributed by atoms with Crippen LogP contribution in [0.1, 0.15) is 22.4 Å². The summed E-state index contributed by atoms with van der Waals surface area (Å²) in [5.41, 5.74) is 2.21. The summed E-state index contributed by atoms with van der Waals surface area (Å²) in [5.74, 6) is -1.73. The second-order valence-corrected chi connectivity index (χ2v) is 5.61. The monoisotopic (exact) mass is 354 g/mol. The zero-order chi connectivity index (χ0) is 18.8. The number of carboxylic acid groups (broad SMARTS) is 1. The van der Waals surface area contributed by atoms with Gasteiger partial charge in [-0.25, -0.2) is 4.98 Å². The molecule has 0 spiro atoms. The van der Waals surface area contributed by atoms with Crippen LogP contribution in [0.2, 0.25) is 0 Å². The van der Waals surface area contributed by atoms with Crippen molar-refractivity contribution in [2.45, 2.75) is 26.9 Å². The number of carbonyl (C=O) groups is 1. The summed E-state index contributed by atoms with van der Waals surface area (Å²) in [6.07, 6.45) is -4.68. The molecular weight excluding hydrogens is 337 g/mol. The average molecular weight is 354 g/mol. The lowest BCUT2D eigenvalue weighted by molar-refractivity contribution is -0.141. The number of rotatable bonds is 5. The molecule has 0 aliphatic heterocycles. The van der Waals surface area contributed by atoms with Gasteiger partial charge in [-0.15, -0.1) is 0 Å². The molecule has 0 fully saturated rings. The molecular formula is C16H17F3N4O2. The topological polar surface area (TPSA) is 87.1 Å². The van der Waals surface area contributed by atoms with Gasteiger partial charge in [0.1, 0.15) is 12.4 Å². The highest BCUT2D eigenvalue weighted by atomic mass is 19.4. The third kappa shape index (κ3) is 4.82. The number of halogens is 3. The predicted octanol–water partition coefficient (Wildman–Crippen LogP) is 3.66. The van der Waals surface area contributed by atoms with Gasteiger partial charge < -0.3 is 15.7 Å². The highest BCUT2D eigenvalue weighted by Crippen LogP contribution is 2.31. The molecule has 2 rings (SSSR count). The first-order valence-electron chi connectivity index (χ1n) is 7.33. The van der Waals surface area contributed by atoms with Crippen molar-refractivity contribution in [3.63, 3.8) is 0 Å². The number of hydrogen-bond acceptors (Lipinski definition) is 5. The Morgan fingerprint density at radius 1 is 1.12 bits per heavy atom. The Hall–Kier alpha value is -2.84. The number of benzene rings is 1. The zero-order valence-corrected chi connectivity index (χ0v) is 13.8. The lowest BCUT2D eigenvalue weighted by Crippen LogP contribution is -2.17. The van der Waals surface area contributed by atoms with Crippen LogP contribution in [0, 0.1) is 20.8 Å². The van der Waals surface area contributed by atoms with Crippen LogP contribution >= 0.6 is 0 Å². The van der Waals surface area contributed by atoms with Gasteiger partial charge in [0.05, 0.1) is 0 Å². The number of anilines is 3. The molecule has 0 atom stereocenters. The van der Waals surface area contributed by atoms with Gasteiger partial charge >= 0.3 is 12.1 Å². The van der Waals surface area contributed by atoms with E-state index in [9.17, 15) is 18.0 Å². The maximum atomic E-state index is 13.0. The second-order valence-electron chi connectivity index (χ2n) is 5.61. The molecule has 134 valence electrons. The number of aromatic nitrogens is 2. The number of hydrogen-bond donors (Lipinski definition) is 3. The highest BCUT2D eigenvalue weighted by molar-refractivity contribution is 5.72. The molecule has 0 saturated heterocycles. The molecule has 0 amide bonds. The van der Waals surface area contributed by atoms with Crippen LogP contribution < -0.4 is 10.6 Å². The van der Waals surface area contributed by atoms with Crippen LogP contribution in [0.4, 0.5) is 30.6 Å². The Morgan fingerprint density at radius 2 is 1.72 bits per heavy atom. The molecule has 9 heteroatoms.